The summed E-state index contributed by atoms with van der Waals surface area (Å²) in [6, 6.07) is 6.92. The maximum atomic E-state index is 13.8. The number of nitrogens with one attached hydrogen (secondary N) is 2. The number of amides is 3. The first kappa shape index (κ1) is 24.0. The maximum absolute atomic E-state index is 13.8. The average molecular weight is 480 g/mol. The lowest BCUT2D eigenvalue weighted by atomic mass is 9.73. The Morgan fingerprint density at radius 2 is 2.00 bits per heavy atom. The minimum absolute atomic E-state index is 0.0864. The molecule has 3 fully saturated rings. The molecule has 0 unspecified atom stereocenters. The van der Waals surface area contributed by atoms with Gasteiger partial charge in [-0.15, -0.1) is 0 Å². The Kier molecular flexibility index (Phi) is 6.24. The second-order valence-corrected chi connectivity index (χ2v) is 11.0. The second kappa shape index (κ2) is 9.08. The molecule has 0 radical (unpaired) electrons. The van der Waals surface area contributed by atoms with E-state index in [2.05, 4.69) is 24.5 Å². The highest BCUT2D eigenvalue weighted by atomic mass is 16.5. The lowest BCUT2D eigenvalue weighted by molar-refractivity contribution is -0.141. The lowest BCUT2D eigenvalue weighted by Gasteiger charge is -2.38. The van der Waals surface area contributed by atoms with Crippen LogP contribution in [-0.2, 0) is 19.1 Å². The summed E-state index contributed by atoms with van der Waals surface area (Å²) in [4.78, 5) is 42.7. The third kappa shape index (κ3) is 3.88. The number of hydrogen-bond donors (Lipinski definition) is 2. The maximum Gasteiger partial charge on any atom is 0.246 e. The van der Waals surface area contributed by atoms with Gasteiger partial charge < -0.3 is 20.3 Å². The average Bonchev–Trinajstić information content (AvgIpc) is 3.45. The highest BCUT2D eigenvalue weighted by molar-refractivity contribution is 6.02. The van der Waals surface area contributed by atoms with Crippen molar-refractivity contribution in [3.05, 3.63) is 42.0 Å². The summed E-state index contributed by atoms with van der Waals surface area (Å²) < 4.78 is 6.40. The number of rotatable bonds is 6. The molecule has 1 aromatic rings. The standard InChI is InChI=1S/C28H37N3O4/c1-5-14-31-24(26(33)30-20-11-7-9-17(3)18(20)4)28-13-12-21(35-28)22(23(28)27(31)34)25(32)29-19-10-6-8-16(2)15-19/h6,8,10,12-13,15,17-18,20-24H,5,7,9,11,14H2,1-4H3,(H,29,32)(H,30,33)/t17-,18-,20+,21-,22+,23-,24-,28-/m0/s1. The third-order valence-corrected chi connectivity index (χ3v) is 8.71. The van der Waals surface area contributed by atoms with Crippen LogP contribution in [-0.4, -0.2) is 53.0 Å². The molecule has 3 amide bonds. The van der Waals surface area contributed by atoms with Gasteiger partial charge in [0.15, 0.2) is 0 Å². The highest BCUT2D eigenvalue weighted by Crippen LogP contribution is 2.55. The number of carbonyl (C=O) groups is 3. The molecule has 1 spiro atoms. The fraction of sp³-hybridized carbons (Fsp3) is 0.607. The zero-order chi connectivity index (χ0) is 24.9. The molecule has 0 aromatic heterocycles. The van der Waals surface area contributed by atoms with Gasteiger partial charge in [0.05, 0.1) is 17.9 Å². The highest BCUT2D eigenvalue weighted by Gasteiger charge is 2.72. The van der Waals surface area contributed by atoms with E-state index in [-0.39, 0.29) is 23.8 Å². The monoisotopic (exact) mass is 479 g/mol. The molecular formula is C28H37N3O4. The van der Waals surface area contributed by atoms with Crippen LogP contribution in [0, 0.1) is 30.6 Å². The predicted octanol–water partition coefficient (Wildman–Crippen LogP) is 3.44. The molecule has 1 saturated carbocycles. The fourth-order valence-corrected chi connectivity index (χ4v) is 6.74. The smallest absolute Gasteiger partial charge is 0.246 e. The second-order valence-electron chi connectivity index (χ2n) is 11.0. The lowest BCUT2D eigenvalue weighted by Crippen LogP contribution is -2.57. The summed E-state index contributed by atoms with van der Waals surface area (Å²) >= 11 is 0. The Labute approximate surface area is 207 Å². The van der Waals surface area contributed by atoms with Crippen molar-refractivity contribution in [2.45, 2.75) is 77.2 Å². The topological polar surface area (TPSA) is 87.7 Å². The van der Waals surface area contributed by atoms with E-state index in [1.165, 1.54) is 6.42 Å². The number of aryl methyl sites for hydroxylation is 1. The van der Waals surface area contributed by atoms with E-state index in [0.717, 1.165) is 24.8 Å². The molecule has 4 aliphatic rings. The first-order valence-corrected chi connectivity index (χ1v) is 13.1. The Morgan fingerprint density at radius 3 is 2.74 bits per heavy atom. The van der Waals surface area contributed by atoms with E-state index in [9.17, 15) is 14.4 Å². The molecule has 5 rings (SSSR count). The summed E-state index contributed by atoms with van der Waals surface area (Å²) in [6.07, 6.45) is 7.17. The Morgan fingerprint density at radius 1 is 1.20 bits per heavy atom. The van der Waals surface area contributed by atoms with Gasteiger partial charge in [0.1, 0.15) is 11.6 Å². The van der Waals surface area contributed by atoms with Gasteiger partial charge in [-0.05, 0) is 49.3 Å². The molecule has 35 heavy (non-hydrogen) atoms. The first-order chi connectivity index (χ1) is 16.8. The van der Waals surface area contributed by atoms with Crippen molar-refractivity contribution < 1.29 is 19.1 Å². The number of nitrogens with zero attached hydrogens (tertiary/aromatic N) is 1. The molecule has 7 nitrogen and oxygen atoms in total. The van der Waals surface area contributed by atoms with Crippen LogP contribution < -0.4 is 10.6 Å². The fourth-order valence-electron chi connectivity index (χ4n) is 6.74. The van der Waals surface area contributed by atoms with E-state index >= 15 is 0 Å². The van der Waals surface area contributed by atoms with Gasteiger partial charge in [-0.1, -0.05) is 57.9 Å². The molecule has 8 atom stereocenters. The SMILES string of the molecule is CCCN1C(=O)[C@@H]2[C@H](C(=O)Nc3cccc(C)c3)[C@@H]3C=C[C@@]2(O3)[C@@H]1C(=O)N[C@@H]1CCC[C@H](C)[C@@H]1C. The molecule has 1 aromatic carbocycles. The van der Waals surface area contributed by atoms with Gasteiger partial charge in [0.2, 0.25) is 17.7 Å². The normalized spacial score (nSPS) is 37.4. The van der Waals surface area contributed by atoms with Crippen LogP contribution in [0.2, 0.25) is 0 Å². The largest absolute Gasteiger partial charge is 0.359 e. The number of ether oxygens (including phenoxy) is 1. The third-order valence-electron chi connectivity index (χ3n) is 8.71. The van der Waals surface area contributed by atoms with Crippen molar-refractivity contribution in [1.29, 1.82) is 0 Å². The summed E-state index contributed by atoms with van der Waals surface area (Å²) in [6.45, 7) is 8.86. The van der Waals surface area contributed by atoms with Crippen molar-refractivity contribution in [3.8, 4) is 0 Å². The zero-order valence-corrected chi connectivity index (χ0v) is 21.1. The van der Waals surface area contributed by atoms with Gasteiger partial charge in [-0.3, -0.25) is 14.4 Å². The molecule has 188 valence electrons. The van der Waals surface area contributed by atoms with Crippen LogP contribution in [0.4, 0.5) is 5.69 Å². The molecule has 7 heteroatoms. The molecule has 3 heterocycles. The van der Waals surface area contributed by atoms with E-state index < -0.39 is 29.6 Å². The van der Waals surface area contributed by atoms with Crippen LogP contribution in [0.1, 0.15) is 52.0 Å². The van der Waals surface area contributed by atoms with Crippen LogP contribution in [0.3, 0.4) is 0 Å². The molecule has 2 saturated heterocycles. The summed E-state index contributed by atoms with van der Waals surface area (Å²) in [5, 5.41) is 6.27. The van der Waals surface area contributed by atoms with Gasteiger partial charge in [-0.2, -0.15) is 0 Å². The molecule has 3 aliphatic heterocycles. The first-order valence-electron chi connectivity index (χ1n) is 13.1. The Hall–Kier alpha value is -2.67. The molecule has 2 N–H and O–H groups in total. The van der Waals surface area contributed by atoms with E-state index in [0.29, 0.717) is 24.1 Å². The predicted molar refractivity (Wildman–Crippen MR) is 133 cm³/mol. The van der Waals surface area contributed by atoms with Gasteiger partial charge in [0, 0.05) is 18.3 Å². The number of likely N-dealkylation sites (tertiary alicyclic amines) is 1. The van der Waals surface area contributed by atoms with E-state index in [1.54, 1.807) is 4.90 Å². The minimum atomic E-state index is -1.10. The van der Waals surface area contributed by atoms with Gasteiger partial charge in [0.25, 0.3) is 0 Å². The van der Waals surface area contributed by atoms with Crippen LogP contribution in [0.25, 0.3) is 0 Å². The Bertz CT molecular complexity index is 1050. The van der Waals surface area contributed by atoms with Crippen molar-refractivity contribution >= 4 is 23.4 Å². The van der Waals surface area contributed by atoms with E-state index in [1.807, 2.05) is 50.3 Å². The number of hydrogen-bond acceptors (Lipinski definition) is 4. The van der Waals surface area contributed by atoms with Crippen molar-refractivity contribution in [2.75, 3.05) is 11.9 Å². The van der Waals surface area contributed by atoms with E-state index in [4.69, 9.17) is 4.74 Å². The van der Waals surface area contributed by atoms with Gasteiger partial charge in [-0.25, -0.2) is 0 Å². The zero-order valence-electron chi connectivity index (χ0n) is 21.1. The van der Waals surface area contributed by atoms with Crippen LogP contribution in [0.5, 0.6) is 0 Å². The number of benzene rings is 1. The Balaban J connectivity index is 1.42. The van der Waals surface area contributed by atoms with Crippen molar-refractivity contribution in [1.82, 2.24) is 10.2 Å². The quantitative estimate of drug-likeness (QED) is 0.612. The van der Waals surface area contributed by atoms with Crippen LogP contribution in [0.15, 0.2) is 36.4 Å². The molecule has 1 aliphatic carbocycles. The van der Waals surface area contributed by atoms with Crippen molar-refractivity contribution in [2.24, 2.45) is 23.7 Å². The van der Waals surface area contributed by atoms with Gasteiger partial charge >= 0.3 is 0 Å². The summed E-state index contributed by atoms with van der Waals surface area (Å²) in [5.74, 6) is -1.01. The van der Waals surface area contributed by atoms with Crippen LogP contribution >= 0.6 is 0 Å². The summed E-state index contributed by atoms with van der Waals surface area (Å²) in [7, 11) is 0. The summed E-state index contributed by atoms with van der Waals surface area (Å²) in [5.41, 5.74) is 0.637. The molecule has 2 bridgehead atoms. The molecular weight excluding hydrogens is 442 g/mol. The number of carbonyl (C=O) groups excluding carboxylic acids is 3. The minimum Gasteiger partial charge on any atom is -0.359 e. The number of anilines is 1. The van der Waals surface area contributed by atoms with Crippen molar-refractivity contribution in [3.63, 3.8) is 0 Å². The number of fused-ring (bicyclic) bond motifs is 1.